The molecule has 1 unspecified atom stereocenters. The molecule has 1 saturated heterocycles. The quantitative estimate of drug-likeness (QED) is 0.602. The van der Waals surface area contributed by atoms with Crippen LogP contribution in [0.5, 0.6) is 0 Å². The first-order chi connectivity index (χ1) is 8.13. The second kappa shape index (κ2) is 7.11. The van der Waals surface area contributed by atoms with Gasteiger partial charge in [0.2, 0.25) is 0 Å². The van der Waals surface area contributed by atoms with E-state index in [1.807, 2.05) is 0 Å². The Morgan fingerprint density at radius 1 is 1.47 bits per heavy atom. The van der Waals surface area contributed by atoms with E-state index in [4.69, 9.17) is 10.8 Å². The van der Waals surface area contributed by atoms with Crippen LogP contribution in [0.2, 0.25) is 0 Å². The van der Waals surface area contributed by atoms with Gasteiger partial charge in [-0.05, 0) is 31.7 Å². The summed E-state index contributed by atoms with van der Waals surface area (Å²) in [6.07, 6.45) is 2.67. The lowest BCUT2D eigenvalue weighted by atomic mass is 9.95. The average Bonchev–Trinajstić information content (AvgIpc) is 2.28. The van der Waals surface area contributed by atoms with Gasteiger partial charge in [0.1, 0.15) is 0 Å². The van der Waals surface area contributed by atoms with Crippen molar-refractivity contribution >= 4 is 12.0 Å². The van der Waals surface area contributed by atoms with E-state index in [2.05, 4.69) is 5.32 Å². The summed E-state index contributed by atoms with van der Waals surface area (Å²) < 4.78 is 0. The number of hydrogen-bond acceptors (Lipinski definition) is 3. The van der Waals surface area contributed by atoms with Crippen molar-refractivity contribution in [3.05, 3.63) is 0 Å². The molecule has 0 aromatic heterocycles. The molecule has 0 spiro atoms. The molecule has 2 amide bonds. The molecule has 0 aromatic rings. The topological polar surface area (TPSA) is 95.7 Å². The van der Waals surface area contributed by atoms with Crippen molar-refractivity contribution in [1.82, 2.24) is 10.2 Å². The minimum Gasteiger partial charge on any atom is -0.481 e. The normalized spacial score (nSPS) is 20.1. The number of piperidine rings is 1. The van der Waals surface area contributed by atoms with Gasteiger partial charge in [-0.15, -0.1) is 0 Å². The van der Waals surface area contributed by atoms with Gasteiger partial charge < -0.3 is 21.1 Å². The fourth-order valence-corrected chi connectivity index (χ4v) is 2.07. The Hall–Kier alpha value is -1.30. The van der Waals surface area contributed by atoms with Crippen LogP contribution in [-0.2, 0) is 4.79 Å². The molecule has 98 valence electrons. The number of rotatable bonds is 5. The van der Waals surface area contributed by atoms with Gasteiger partial charge in [-0.2, -0.15) is 0 Å². The average molecular weight is 243 g/mol. The molecule has 1 aliphatic heterocycles. The van der Waals surface area contributed by atoms with Crippen LogP contribution in [0.15, 0.2) is 0 Å². The zero-order chi connectivity index (χ0) is 12.7. The number of carboxylic acid groups (broad SMARTS) is 1. The Bertz CT molecular complexity index is 271. The van der Waals surface area contributed by atoms with E-state index in [-0.39, 0.29) is 18.4 Å². The SMILES string of the molecule is NCCCNC(=O)N1CCCC(CC(=O)O)C1. The molecule has 1 rings (SSSR count). The van der Waals surface area contributed by atoms with Crippen molar-refractivity contribution < 1.29 is 14.7 Å². The summed E-state index contributed by atoms with van der Waals surface area (Å²) >= 11 is 0. The molecule has 0 bridgehead atoms. The van der Waals surface area contributed by atoms with E-state index in [1.54, 1.807) is 4.90 Å². The number of nitrogens with zero attached hydrogens (tertiary/aromatic N) is 1. The number of carboxylic acids is 1. The van der Waals surface area contributed by atoms with Crippen LogP contribution in [0.3, 0.4) is 0 Å². The second-order valence-electron chi connectivity index (χ2n) is 4.43. The Kier molecular flexibility index (Phi) is 5.76. The van der Waals surface area contributed by atoms with Crippen molar-refractivity contribution in [2.75, 3.05) is 26.2 Å². The number of carbonyl (C=O) groups is 2. The first-order valence-electron chi connectivity index (χ1n) is 6.08. The fourth-order valence-electron chi connectivity index (χ4n) is 2.07. The maximum Gasteiger partial charge on any atom is 0.317 e. The molecule has 0 radical (unpaired) electrons. The van der Waals surface area contributed by atoms with E-state index < -0.39 is 5.97 Å². The molecule has 1 atom stereocenters. The molecular weight excluding hydrogens is 222 g/mol. The molecule has 1 aliphatic rings. The number of urea groups is 1. The highest BCUT2D eigenvalue weighted by Crippen LogP contribution is 2.19. The summed E-state index contributed by atoms with van der Waals surface area (Å²) in [5, 5.41) is 11.5. The van der Waals surface area contributed by atoms with Crippen LogP contribution in [0.1, 0.15) is 25.7 Å². The van der Waals surface area contributed by atoms with Crippen LogP contribution in [0, 0.1) is 5.92 Å². The highest BCUT2D eigenvalue weighted by atomic mass is 16.4. The van der Waals surface area contributed by atoms with Crippen LogP contribution in [0.4, 0.5) is 4.79 Å². The maximum atomic E-state index is 11.7. The molecule has 0 saturated carbocycles. The van der Waals surface area contributed by atoms with E-state index in [1.165, 1.54) is 0 Å². The van der Waals surface area contributed by atoms with E-state index >= 15 is 0 Å². The Morgan fingerprint density at radius 2 is 2.24 bits per heavy atom. The van der Waals surface area contributed by atoms with Gasteiger partial charge in [0.15, 0.2) is 0 Å². The number of carbonyl (C=O) groups excluding carboxylic acids is 1. The zero-order valence-corrected chi connectivity index (χ0v) is 10.0. The van der Waals surface area contributed by atoms with Crippen LogP contribution in [0.25, 0.3) is 0 Å². The van der Waals surface area contributed by atoms with Crippen LogP contribution >= 0.6 is 0 Å². The minimum atomic E-state index is -0.791. The smallest absolute Gasteiger partial charge is 0.317 e. The zero-order valence-electron chi connectivity index (χ0n) is 10.0. The Labute approximate surface area is 101 Å². The summed E-state index contributed by atoms with van der Waals surface area (Å²) in [5.74, 6) is -0.707. The molecule has 1 fully saturated rings. The summed E-state index contributed by atoms with van der Waals surface area (Å²) in [7, 11) is 0. The summed E-state index contributed by atoms with van der Waals surface area (Å²) in [6, 6.07) is -0.103. The predicted octanol–water partition coefficient (Wildman–Crippen LogP) is 0.231. The highest BCUT2D eigenvalue weighted by Gasteiger charge is 2.24. The van der Waals surface area contributed by atoms with Gasteiger partial charge in [0.05, 0.1) is 0 Å². The maximum absolute atomic E-state index is 11.7. The monoisotopic (exact) mass is 243 g/mol. The highest BCUT2D eigenvalue weighted by molar-refractivity contribution is 5.74. The number of nitrogens with one attached hydrogen (secondary N) is 1. The number of nitrogens with two attached hydrogens (primary N) is 1. The molecule has 0 aliphatic carbocycles. The fraction of sp³-hybridized carbons (Fsp3) is 0.818. The number of hydrogen-bond donors (Lipinski definition) is 3. The van der Waals surface area contributed by atoms with Crippen molar-refractivity contribution in [3.8, 4) is 0 Å². The van der Waals surface area contributed by atoms with Gasteiger partial charge in [0.25, 0.3) is 0 Å². The molecule has 4 N–H and O–H groups in total. The molecular formula is C11H21N3O3. The largest absolute Gasteiger partial charge is 0.481 e. The Morgan fingerprint density at radius 3 is 2.88 bits per heavy atom. The van der Waals surface area contributed by atoms with Crippen LogP contribution in [-0.4, -0.2) is 48.2 Å². The Balaban J connectivity index is 2.32. The predicted molar refractivity (Wildman–Crippen MR) is 63.6 cm³/mol. The molecule has 6 heteroatoms. The van der Waals surface area contributed by atoms with Crippen molar-refractivity contribution in [1.29, 1.82) is 0 Å². The third-order valence-corrected chi connectivity index (χ3v) is 2.93. The van der Waals surface area contributed by atoms with E-state index in [9.17, 15) is 9.59 Å². The van der Waals surface area contributed by atoms with Crippen LogP contribution < -0.4 is 11.1 Å². The first kappa shape index (κ1) is 13.8. The lowest BCUT2D eigenvalue weighted by Crippen LogP contribution is -2.46. The van der Waals surface area contributed by atoms with Crippen molar-refractivity contribution in [2.45, 2.75) is 25.7 Å². The number of amides is 2. The third-order valence-electron chi connectivity index (χ3n) is 2.93. The second-order valence-corrected chi connectivity index (χ2v) is 4.43. The lowest BCUT2D eigenvalue weighted by molar-refractivity contribution is -0.138. The summed E-state index contributed by atoms with van der Waals surface area (Å²) in [4.78, 5) is 24.1. The van der Waals surface area contributed by atoms with Crippen molar-refractivity contribution in [2.24, 2.45) is 11.7 Å². The van der Waals surface area contributed by atoms with Crippen molar-refractivity contribution in [3.63, 3.8) is 0 Å². The molecule has 1 heterocycles. The number of likely N-dealkylation sites (tertiary alicyclic amines) is 1. The minimum absolute atomic E-state index is 0.0847. The third kappa shape index (κ3) is 5.04. The van der Waals surface area contributed by atoms with Gasteiger partial charge in [-0.1, -0.05) is 0 Å². The van der Waals surface area contributed by atoms with E-state index in [0.717, 1.165) is 19.3 Å². The van der Waals surface area contributed by atoms with Gasteiger partial charge >= 0.3 is 12.0 Å². The molecule has 0 aromatic carbocycles. The van der Waals surface area contributed by atoms with Gasteiger partial charge in [-0.25, -0.2) is 4.79 Å². The number of aliphatic carboxylic acids is 1. The standard InChI is InChI=1S/C11H21N3O3/c12-4-2-5-13-11(17)14-6-1-3-9(8-14)7-10(15)16/h9H,1-8,12H2,(H,13,17)(H,15,16). The van der Waals surface area contributed by atoms with E-state index in [0.29, 0.717) is 26.2 Å². The van der Waals surface area contributed by atoms with Gasteiger partial charge in [0, 0.05) is 26.1 Å². The lowest BCUT2D eigenvalue weighted by Gasteiger charge is -2.32. The molecule has 6 nitrogen and oxygen atoms in total. The summed E-state index contributed by atoms with van der Waals surface area (Å²) in [6.45, 7) is 2.39. The van der Waals surface area contributed by atoms with Gasteiger partial charge in [-0.3, -0.25) is 4.79 Å². The summed E-state index contributed by atoms with van der Waals surface area (Å²) in [5.41, 5.74) is 5.34. The first-order valence-corrected chi connectivity index (χ1v) is 6.08. The molecule has 17 heavy (non-hydrogen) atoms.